The summed E-state index contributed by atoms with van der Waals surface area (Å²) in [4.78, 5) is 0. The van der Waals surface area contributed by atoms with Gasteiger partial charge in [0.05, 0.1) is 11.4 Å². The number of fused-ring (bicyclic) bond motifs is 2. The van der Waals surface area contributed by atoms with Crippen LogP contribution >= 0.6 is 0 Å². The molecule has 0 bridgehead atoms. The first-order valence-corrected chi connectivity index (χ1v) is 7.39. The molecule has 0 aromatic heterocycles. The van der Waals surface area contributed by atoms with Gasteiger partial charge in [0.2, 0.25) is 0 Å². The molecule has 0 saturated carbocycles. The second-order valence-electron chi connectivity index (χ2n) is 5.86. The van der Waals surface area contributed by atoms with Gasteiger partial charge in [-0.1, -0.05) is 54.6 Å². The van der Waals surface area contributed by atoms with Gasteiger partial charge in [0, 0.05) is 5.39 Å². The molecule has 0 radical (unpaired) electrons. The van der Waals surface area contributed by atoms with Crippen LogP contribution < -0.4 is 11.5 Å². The highest BCUT2D eigenvalue weighted by Crippen LogP contribution is 2.43. The summed E-state index contributed by atoms with van der Waals surface area (Å²) in [5.74, 6) is 0. The molecule has 0 fully saturated rings. The summed E-state index contributed by atoms with van der Waals surface area (Å²) >= 11 is 0. The van der Waals surface area contributed by atoms with Crippen LogP contribution in [0.2, 0.25) is 0 Å². The van der Waals surface area contributed by atoms with Crippen molar-refractivity contribution in [2.75, 3.05) is 11.5 Å². The van der Waals surface area contributed by atoms with Crippen LogP contribution in [0.1, 0.15) is 0 Å². The zero-order chi connectivity index (χ0) is 14.8. The monoisotopic (exact) mass is 282 g/mol. The van der Waals surface area contributed by atoms with Gasteiger partial charge in [-0.2, -0.15) is 0 Å². The van der Waals surface area contributed by atoms with Crippen molar-refractivity contribution in [2.24, 2.45) is 0 Å². The number of hydrogen-bond acceptors (Lipinski definition) is 2. The van der Waals surface area contributed by atoms with Crippen LogP contribution in [0.5, 0.6) is 0 Å². The molecule has 5 aromatic carbocycles. The van der Waals surface area contributed by atoms with E-state index in [0.717, 1.165) is 5.39 Å². The Balaban J connectivity index is 2.29. The van der Waals surface area contributed by atoms with Crippen molar-refractivity contribution in [1.29, 1.82) is 0 Å². The van der Waals surface area contributed by atoms with E-state index in [1.165, 1.54) is 37.7 Å². The summed E-state index contributed by atoms with van der Waals surface area (Å²) in [5, 5.41) is 9.74. The van der Waals surface area contributed by atoms with Gasteiger partial charge in [0.15, 0.2) is 0 Å². The molecule has 2 heteroatoms. The van der Waals surface area contributed by atoms with Crippen molar-refractivity contribution >= 4 is 54.5 Å². The van der Waals surface area contributed by atoms with Crippen LogP contribution in [0.4, 0.5) is 11.4 Å². The fraction of sp³-hybridized carbons (Fsp3) is 0. The van der Waals surface area contributed by atoms with E-state index in [-0.39, 0.29) is 0 Å². The normalized spacial score (nSPS) is 12.0. The first-order chi connectivity index (χ1) is 10.8. The van der Waals surface area contributed by atoms with E-state index in [1.54, 1.807) is 0 Å². The highest BCUT2D eigenvalue weighted by molar-refractivity contribution is 6.34. The molecule has 0 aliphatic heterocycles. The van der Waals surface area contributed by atoms with Crippen molar-refractivity contribution < 1.29 is 0 Å². The molecule has 0 spiro atoms. The van der Waals surface area contributed by atoms with Crippen molar-refractivity contribution in [2.45, 2.75) is 0 Å². The van der Waals surface area contributed by atoms with Crippen LogP contribution in [-0.4, -0.2) is 0 Å². The van der Waals surface area contributed by atoms with Gasteiger partial charge in [0.25, 0.3) is 0 Å². The molecule has 0 aliphatic rings. The SMILES string of the molecule is Nc1cc2c3cccc4cccc(c5cccc(c1N)c52)c43. The molecule has 0 atom stereocenters. The maximum Gasteiger partial charge on any atom is 0.0628 e. The summed E-state index contributed by atoms with van der Waals surface area (Å²) in [7, 11) is 0. The van der Waals surface area contributed by atoms with E-state index < -0.39 is 0 Å². The van der Waals surface area contributed by atoms with Crippen molar-refractivity contribution in [3.63, 3.8) is 0 Å². The Morgan fingerprint density at radius 3 is 1.82 bits per heavy atom. The number of nitrogens with two attached hydrogens (primary N) is 2. The Morgan fingerprint density at radius 1 is 0.545 bits per heavy atom. The van der Waals surface area contributed by atoms with Gasteiger partial charge in [-0.3, -0.25) is 0 Å². The van der Waals surface area contributed by atoms with Gasteiger partial charge in [-0.25, -0.2) is 0 Å². The van der Waals surface area contributed by atoms with E-state index in [2.05, 4.69) is 54.6 Å². The van der Waals surface area contributed by atoms with Crippen molar-refractivity contribution in [1.82, 2.24) is 0 Å². The van der Waals surface area contributed by atoms with Crippen molar-refractivity contribution in [3.8, 4) is 0 Å². The standard InChI is InChI=1S/C20H14N2/c21-17-10-16-14-7-2-5-11-4-1-6-12(18(11)14)13-8-3-9-15(19(13)16)20(17)22/h1-10H,21-22H2. The van der Waals surface area contributed by atoms with Crippen LogP contribution in [-0.2, 0) is 0 Å². The second-order valence-corrected chi connectivity index (χ2v) is 5.86. The van der Waals surface area contributed by atoms with Gasteiger partial charge in [-0.15, -0.1) is 0 Å². The summed E-state index contributed by atoms with van der Waals surface area (Å²) in [5.41, 5.74) is 13.7. The third-order valence-corrected chi connectivity index (χ3v) is 4.72. The number of hydrogen-bond donors (Lipinski definition) is 2. The third-order valence-electron chi connectivity index (χ3n) is 4.72. The van der Waals surface area contributed by atoms with E-state index >= 15 is 0 Å². The molecule has 5 rings (SSSR count). The summed E-state index contributed by atoms with van der Waals surface area (Å²) in [6.45, 7) is 0. The number of anilines is 2. The van der Waals surface area contributed by atoms with Gasteiger partial charge in [-0.05, 0) is 43.8 Å². The Morgan fingerprint density at radius 2 is 1.09 bits per heavy atom. The third kappa shape index (κ3) is 1.25. The predicted molar refractivity (Wildman–Crippen MR) is 96.5 cm³/mol. The van der Waals surface area contributed by atoms with E-state index in [4.69, 9.17) is 11.5 Å². The highest BCUT2D eigenvalue weighted by Gasteiger charge is 2.14. The van der Waals surface area contributed by atoms with Crippen LogP contribution in [0.3, 0.4) is 0 Å². The largest absolute Gasteiger partial charge is 0.397 e. The van der Waals surface area contributed by atoms with E-state index in [9.17, 15) is 0 Å². The Bertz CT molecular complexity index is 1180. The summed E-state index contributed by atoms with van der Waals surface area (Å²) in [6, 6.07) is 21.2. The fourth-order valence-corrected chi connectivity index (χ4v) is 3.75. The fourth-order valence-electron chi connectivity index (χ4n) is 3.75. The first-order valence-electron chi connectivity index (χ1n) is 7.39. The van der Waals surface area contributed by atoms with Crippen LogP contribution in [0, 0.1) is 0 Å². The molecule has 0 heterocycles. The lowest BCUT2D eigenvalue weighted by molar-refractivity contribution is 1.74. The molecule has 0 unspecified atom stereocenters. The minimum Gasteiger partial charge on any atom is -0.397 e. The minimum atomic E-state index is 0.649. The lowest BCUT2D eigenvalue weighted by Crippen LogP contribution is -1.97. The molecular formula is C20H14N2. The van der Waals surface area contributed by atoms with E-state index in [0.29, 0.717) is 11.4 Å². The summed E-state index contributed by atoms with van der Waals surface area (Å²) < 4.78 is 0. The quantitative estimate of drug-likeness (QED) is 0.241. The smallest absolute Gasteiger partial charge is 0.0628 e. The molecule has 104 valence electrons. The van der Waals surface area contributed by atoms with Crippen molar-refractivity contribution in [3.05, 3.63) is 60.7 Å². The number of benzene rings is 5. The topological polar surface area (TPSA) is 52.0 Å². The zero-order valence-electron chi connectivity index (χ0n) is 11.9. The zero-order valence-corrected chi connectivity index (χ0v) is 11.9. The first kappa shape index (κ1) is 11.6. The molecule has 0 saturated heterocycles. The molecular weight excluding hydrogens is 268 g/mol. The van der Waals surface area contributed by atoms with Crippen LogP contribution in [0.25, 0.3) is 43.1 Å². The molecule has 22 heavy (non-hydrogen) atoms. The maximum atomic E-state index is 6.23. The Labute approximate surface area is 127 Å². The van der Waals surface area contributed by atoms with E-state index in [1.807, 2.05) is 6.07 Å². The lowest BCUT2D eigenvalue weighted by atomic mass is 9.89. The van der Waals surface area contributed by atoms with Crippen LogP contribution in [0.15, 0.2) is 60.7 Å². The Kier molecular flexibility index (Phi) is 2.01. The predicted octanol–water partition coefficient (Wildman–Crippen LogP) is 4.90. The van der Waals surface area contributed by atoms with Gasteiger partial charge < -0.3 is 11.5 Å². The number of rotatable bonds is 0. The molecule has 0 aliphatic carbocycles. The maximum absolute atomic E-state index is 6.23. The van der Waals surface area contributed by atoms with Gasteiger partial charge in [0.1, 0.15) is 0 Å². The molecule has 2 nitrogen and oxygen atoms in total. The molecule has 5 aromatic rings. The minimum absolute atomic E-state index is 0.649. The lowest BCUT2D eigenvalue weighted by Gasteiger charge is -2.16. The number of nitrogen functional groups attached to an aromatic ring is 2. The average Bonchev–Trinajstić information content (AvgIpc) is 2.56. The summed E-state index contributed by atoms with van der Waals surface area (Å²) in [6.07, 6.45) is 0. The average molecular weight is 282 g/mol. The Hall–Kier alpha value is -3.00. The highest BCUT2D eigenvalue weighted by atomic mass is 14.7. The molecule has 0 amide bonds. The van der Waals surface area contributed by atoms with Gasteiger partial charge >= 0.3 is 0 Å². The second kappa shape index (κ2) is 3.80. The molecule has 4 N–H and O–H groups in total.